The molecule has 0 aliphatic heterocycles. The van der Waals surface area contributed by atoms with Crippen LogP contribution in [0, 0.1) is 51.4 Å². The zero-order chi connectivity index (χ0) is 43.9. The standard InChI is InChI=1S/C32H44O2.C23H32O2/c1-17-11-24(29(33)26(13-17)31(3,4)5)21-10-9-20-19-15-22(23(16-19)28(20)21)25-12-18(2)14-27(30(25)34)32(6,7)8;1-14-9-16(20(24)18(11-14)22(3,4)5)13-17-10-15(2)12-19(21(17)25)23(6,7)8/h11-14,19-23,28,33-34H,9-10,15-16H2,1-8H3;9-12,24-25H,13H2,1-8H3. The van der Waals surface area contributed by atoms with Gasteiger partial charge in [-0.2, -0.15) is 0 Å². The van der Waals surface area contributed by atoms with Crippen LogP contribution in [0.25, 0.3) is 0 Å². The predicted octanol–water partition coefficient (Wildman–Crippen LogP) is 14.1. The van der Waals surface area contributed by atoms with E-state index in [0.29, 0.717) is 53.1 Å². The Labute approximate surface area is 357 Å². The van der Waals surface area contributed by atoms with Crippen LogP contribution >= 0.6 is 0 Å². The van der Waals surface area contributed by atoms with E-state index in [1.807, 2.05) is 12.1 Å². The van der Waals surface area contributed by atoms with Crippen molar-refractivity contribution in [1.29, 1.82) is 0 Å². The minimum Gasteiger partial charge on any atom is -0.507 e. The number of benzene rings is 4. The second kappa shape index (κ2) is 15.5. The molecular weight excluding hydrogens is 725 g/mol. The van der Waals surface area contributed by atoms with E-state index in [4.69, 9.17) is 0 Å². The first-order valence-electron chi connectivity index (χ1n) is 22.4. The third-order valence-corrected chi connectivity index (χ3v) is 14.2. The average Bonchev–Trinajstić information content (AvgIpc) is 3.81. The number of hydrogen-bond donors (Lipinski definition) is 4. The quantitative estimate of drug-likeness (QED) is 0.166. The van der Waals surface area contributed by atoms with Crippen molar-refractivity contribution < 1.29 is 20.4 Å². The highest BCUT2D eigenvalue weighted by atomic mass is 16.3. The number of fused-ring (bicyclic) bond motifs is 5. The Hall–Kier alpha value is -3.92. The van der Waals surface area contributed by atoms with Crippen LogP contribution in [0.2, 0.25) is 0 Å². The van der Waals surface area contributed by atoms with Crippen molar-refractivity contribution in [2.24, 2.45) is 23.7 Å². The molecule has 6 unspecified atom stereocenters. The maximum Gasteiger partial charge on any atom is 0.122 e. The lowest BCUT2D eigenvalue weighted by Crippen LogP contribution is -2.27. The lowest BCUT2D eigenvalue weighted by Gasteiger charge is -2.37. The van der Waals surface area contributed by atoms with Gasteiger partial charge in [-0.3, -0.25) is 0 Å². The molecule has 4 N–H and O–H groups in total. The van der Waals surface area contributed by atoms with Gasteiger partial charge in [0, 0.05) is 6.42 Å². The minimum absolute atomic E-state index is 0.0718. The zero-order valence-electron chi connectivity index (χ0n) is 39.4. The summed E-state index contributed by atoms with van der Waals surface area (Å²) < 4.78 is 0. The number of rotatable bonds is 4. The monoisotopic (exact) mass is 801 g/mol. The van der Waals surface area contributed by atoms with Gasteiger partial charge in [0.25, 0.3) is 0 Å². The fourth-order valence-electron chi connectivity index (χ4n) is 11.5. The third kappa shape index (κ3) is 8.80. The van der Waals surface area contributed by atoms with Crippen LogP contribution in [-0.2, 0) is 28.1 Å². The normalized spacial score (nSPS) is 23.0. The van der Waals surface area contributed by atoms with Gasteiger partial charge in [-0.15, -0.1) is 0 Å². The van der Waals surface area contributed by atoms with Gasteiger partial charge in [-0.05, 0) is 155 Å². The molecule has 0 radical (unpaired) electrons. The van der Waals surface area contributed by atoms with Gasteiger partial charge in [-0.1, -0.05) is 154 Å². The first-order valence-corrected chi connectivity index (χ1v) is 22.4. The van der Waals surface area contributed by atoms with Crippen molar-refractivity contribution in [3.05, 3.63) is 115 Å². The summed E-state index contributed by atoms with van der Waals surface area (Å²) in [5.74, 6) is 5.37. The number of aryl methyl sites for hydroxylation is 4. The van der Waals surface area contributed by atoms with E-state index in [0.717, 1.165) is 56.3 Å². The first-order chi connectivity index (χ1) is 27.1. The molecule has 7 rings (SSSR count). The molecule has 3 fully saturated rings. The van der Waals surface area contributed by atoms with Crippen LogP contribution < -0.4 is 0 Å². The molecule has 4 aromatic rings. The van der Waals surface area contributed by atoms with Gasteiger partial charge >= 0.3 is 0 Å². The SMILES string of the molecule is Cc1cc(C2CC3CC2C2C(c4cc(C)cc(C(C)(C)C)c4O)CCC32)c(O)c(C(C)(C)C)c1.Cc1cc(Cc2cc(C)cc(C(C)(C)C)c2O)c(O)c(C(C)(C)C)c1. The zero-order valence-corrected chi connectivity index (χ0v) is 39.4. The molecule has 6 atom stereocenters. The van der Waals surface area contributed by atoms with E-state index < -0.39 is 0 Å². The molecule has 0 heterocycles. The van der Waals surface area contributed by atoms with Crippen LogP contribution in [0.15, 0.2) is 48.5 Å². The Kier molecular flexibility index (Phi) is 11.7. The summed E-state index contributed by atoms with van der Waals surface area (Å²) in [5.41, 5.74) is 12.5. The molecule has 3 aliphatic carbocycles. The molecule has 320 valence electrons. The highest BCUT2D eigenvalue weighted by molar-refractivity contribution is 5.54. The lowest BCUT2D eigenvalue weighted by atomic mass is 9.68. The Balaban J connectivity index is 0.000000209. The van der Waals surface area contributed by atoms with Crippen molar-refractivity contribution >= 4 is 0 Å². The Morgan fingerprint density at radius 1 is 0.424 bits per heavy atom. The van der Waals surface area contributed by atoms with Crippen LogP contribution in [0.5, 0.6) is 23.0 Å². The predicted molar refractivity (Wildman–Crippen MR) is 247 cm³/mol. The molecule has 3 aliphatic rings. The van der Waals surface area contributed by atoms with Gasteiger partial charge in [0.05, 0.1) is 0 Å². The molecular formula is C55H76O4. The number of aromatic hydroxyl groups is 4. The summed E-state index contributed by atoms with van der Waals surface area (Å²) in [6.45, 7) is 34.3. The molecule has 0 spiro atoms. The van der Waals surface area contributed by atoms with Crippen molar-refractivity contribution in [3.8, 4) is 23.0 Å². The maximum atomic E-state index is 11.4. The number of phenols is 4. The van der Waals surface area contributed by atoms with Crippen LogP contribution in [0.3, 0.4) is 0 Å². The van der Waals surface area contributed by atoms with Crippen LogP contribution in [0.1, 0.15) is 187 Å². The van der Waals surface area contributed by atoms with Gasteiger partial charge in [0.1, 0.15) is 23.0 Å². The largest absolute Gasteiger partial charge is 0.507 e. The second-order valence-electron chi connectivity index (χ2n) is 23.2. The van der Waals surface area contributed by atoms with Crippen molar-refractivity contribution in [3.63, 3.8) is 0 Å². The summed E-state index contributed by atoms with van der Waals surface area (Å²) in [7, 11) is 0. The minimum atomic E-state index is -0.129. The average molecular weight is 801 g/mol. The summed E-state index contributed by atoms with van der Waals surface area (Å²) in [6, 6.07) is 17.0. The molecule has 3 saturated carbocycles. The summed E-state index contributed by atoms with van der Waals surface area (Å²) in [6.07, 6.45) is 5.49. The van der Waals surface area contributed by atoms with Gasteiger partial charge < -0.3 is 20.4 Å². The van der Waals surface area contributed by atoms with E-state index in [1.54, 1.807) is 0 Å². The number of hydrogen-bond acceptors (Lipinski definition) is 4. The lowest BCUT2D eigenvalue weighted by molar-refractivity contribution is 0.213. The molecule has 4 aromatic carbocycles. The van der Waals surface area contributed by atoms with Gasteiger partial charge in [-0.25, -0.2) is 0 Å². The van der Waals surface area contributed by atoms with E-state index in [-0.39, 0.29) is 21.7 Å². The smallest absolute Gasteiger partial charge is 0.122 e. The molecule has 4 nitrogen and oxygen atoms in total. The van der Waals surface area contributed by atoms with E-state index in [2.05, 4.69) is 147 Å². The molecule has 0 saturated heterocycles. The Morgan fingerprint density at radius 2 is 0.780 bits per heavy atom. The molecule has 0 amide bonds. The van der Waals surface area contributed by atoms with Gasteiger partial charge in [0.15, 0.2) is 0 Å². The van der Waals surface area contributed by atoms with E-state index in [1.165, 1.54) is 47.9 Å². The summed E-state index contributed by atoms with van der Waals surface area (Å²) in [4.78, 5) is 0. The Bertz CT molecular complexity index is 2150. The summed E-state index contributed by atoms with van der Waals surface area (Å²) >= 11 is 0. The van der Waals surface area contributed by atoms with E-state index >= 15 is 0 Å². The second-order valence-corrected chi connectivity index (χ2v) is 23.2. The van der Waals surface area contributed by atoms with Crippen molar-refractivity contribution in [2.75, 3.05) is 0 Å². The van der Waals surface area contributed by atoms with E-state index in [9.17, 15) is 20.4 Å². The fourth-order valence-corrected chi connectivity index (χ4v) is 11.5. The first kappa shape index (κ1) is 44.6. The molecule has 4 heteroatoms. The van der Waals surface area contributed by atoms with Crippen LogP contribution in [-0.4, -0.2) is 20.4 Å². The molecule has 2 bridgehead atoms. The highest BCUT2D eigenvalue weighted by Crippen LogP contribution is 2.68. The number of phenolic OH excluding ortho intramolecular Hbond substituents is 4. The topological polar surface area (TPSA) is 80.9 Å². The van der Waals surface area contributed by atoms with Gasteiger partial charge in [0.2, 0.25) is 0 Å². The fraction of sp³-hybridized carbons (Fsp3) is 0.564. The maximum absolute atomic E-state index is 11.4. The molecule has 59 heavy (non-hydrogen) atoms. The highest BCUT2D eigenvalue weighted by Gasteiger charge is 2.58. The van der Waals surface area contributed by atoms with Crippen LogP contribution in [0.4, 0.5) is 0 Å². The summed E-state index contributed by atoms with van der Waals surface area (Å²) in [5, 5.41) is 44.5. The molecule has 0 aromatic heterocycles. The Morgan fingerprint density at radius 3 is 1.17 bits per heavy atom. The van der Waals surface area contributed by atoms with Crippen molar-refractivity contribution in [1.82, 2.24) is 0 Å². The third-order valence-electron chi connectivity index (χ3n) is 14.2. The van der Waals surface area contributed by atoms with Crippen molar-refractivity contribution in [2.45, 2.75) is 176 Å².